The monoisotopic (exact) mass is 698 g/mol. The number of aliphatic imine (C=N–C) groups is 2. The van der Waals surface area contributed by atoms with Crippen molar-refractivity contribution in [3.8, 4) is 0 Å². The molecule has 0 N–H and O–H groups in total. The summed E-state index contributed by atoms with van der Waals surface area (Å²) < 4.78 is 0. The summed E-state index contributed by atoms with van der Waals surface area (Å²) in [6.07, 6.45) is 0. The molecule has 2 nitrogen and oxygen atoms in total. The topological polar surface area (TPSA) is 24.7 Å². The third kappa shape index (κ3) is 6.28. The van der Waals surface area contributed by atoms with Crippen molar-refractivity contribution in [3.05, 3.63) is 250 Å². The zero-order chi connectivity index (χ0) is 35.6. The second-order valence-electron chi connectivity index (χ2n) is 13.4. The molecule has 0 spiro atoms. The second-order valence-corrected chi connectivity index (χ2v) is 13.8. The van der Waals surface area contributed by atoms with E-state index >= 15 is 0 Å². The highest BCUT2D eigenvalue weighted by molar-refractivity contribution is 6.61. The highest BCUT2D eigenvalue weighted by atomic mass is 35.5. The van der Waals surface area contributed by atoms with Gasteiger partial charge in [0.2, 0.25) is 0 Å². The van der Waals surface area contributed by atoms with Gasteiger partial charge in [0, 0.05) is 33.4 Å². The molecule has 1 aliphatic carbocycles. The Morgan fingerprint density at radius 2 is 0.755 bits per heavy atom. The minimum absolute atomic E-state index is 0.143. The van der Waals surface area contributed by atoms with Gasteiger partial charge in [-0.15, -0.1) is 0 Å². The number of rotatable bonds is 8. The van der Waals surface area contributed by atoms with Crippen molar-refractivity contribution < 1.29 is 0 Å². The van der Waals surface area contributed by atoms with E-state index in [1.165, 1.54) is 33.0 Å². The smallest absolute Gasteiger partial charge is 0.0979 e. The van der Waals surface area contributed by atoms with Crippen LogP contribution in [0.2, 0.25) is 5.02 Å². The Hall–Kier alpha value is -6.35. The lowest BCUT2D eigenvalue weighted by Crippen LogP contribution is -2.13. The highest BCUT2D eigenvalue weighted by Crippen LogP contribution is 2.47. The summed E-state index contributed by atoms with van der Waals surface area (Å²) in [6, 6.07) is 70.2. The number of hydrogen-bond donors (Lipinski definition) is 0. The first-order valence-electron chi connectivity index (χ1n) is 18.0. The van der Waals surface area contributed by atoms with E-state index in [9.17, 15) is 0 Å². The molecule has 0 radical (unpaired) electrons. The fraction of sp³-hybridized carbons (Fsp3) is 0.0400. The van der Waals surface area contributed by atoms with Crippen LogP contribution in [0.25, 0.3) is 10.8 Å². The van der Waals surface area contributed by atoms with Gasteiger partial charge in [-0.2, -0.15) is 0 Å². The van der Waals surface area contributed by atoms with Crippen molar-refractivity contribution in [1.29, 1.82) is 0 Å². The first-order valence-corrected chi connectivity index (χ1v) is 18.4. The van der Waals surface area contributed by atoms with Gasteiger partial charge < -0.3 is 0 Å². The molecule has 0 unspecified atom stereocenters. The molecule has 0 aliphatic heterocycles. The van der Waals surface area contributed by atoms with Crippen LogP contribution in [0.3, 0.4) is 0 Å². The van der Waals surface area contributed by atoms with Gasteiger partial charge in [-0.05, 0) is 63.0 Å². The molecule has 9 rings (SSSR count). The summed E-state index contributed by atoms with van der Waals surface area (Å²) in [5.74, 6) is -0.286. The van der Waals surface area contributed by atoms with Gasteiger partial charge >= 0.3 is 0 Å². The molecule has 8 aromatic carbocycles. The van der Waals surface area contributed by atoms with E-state index in [-0.39, 0.29) is 11.8 Å². The number of para-hydroxylation sites is 1. The largest absolute Gasteiger partial charge is 0.246 e. The zero-order valence-corrected chi connectivity index (χ0v) is 29.7. The van der Waals surface area contributed by atoms with Crippen molar-refractivity contribution in [3.63, 3.8) is 0 Å². The van der Waals surface area contributed by atoms with Crippen molar-refractivity contribution in [2.24, 2.45) is 9.98 Å². The molecule has 0 atom stereocenters. The lowest BCUT2D eigenvalue weighted by atomic mass is 9.79. The molecule has 0 amide bonds. The van der Waals surface area contributed by atoms with E-state index in [0.717, 1.165) is 45.1 Å². The van der Waals surface area contributed by atoms with Gasteiger partial charge in [-0.25, -0.2) is 9.98 Å². The Bertz CT molecular complexity index is 2410. The van der Waals surface area contributed by atoms with E-state index < -0.39 is 0 Å². The Kier molecular flexibility index (Phi) is 8.81. The predicted octanol–water partition coefficient (Wildman–Crippen LogP) is 13.1. The van der Waals surface area contributed by atoms with Gasteiger partial charge in [0.1, 0.15) is 0 Å². The van der Waals surface area contributed by atoms with E-state index in [1.807, 2.05) is 18.2 Å². The first-order chi connectivity index (χ1) is 26.2. The molecule has 0 heterocycles. The van der Waals surface area contributed by atoms with Crippen molar-refractivity contribution >= 4 is 45.2 Å². The van der Waals surface area contributed by atoms with Gasteiger partial charge in [-0.3, -0.25) is 0 Å². The van der Waals surface area contributed by atoms with Crippen molar-refractivity contribution in [2.45, 2.75) is 11.8 Å². The van der Waals surface area contributed by atoms with Crippen LogP contribution < -0.4 is 0 Å². The molecule has 0 bridgehead atoms. The normalized spacial score (nSPS) is 13.8. The maximum absolute atomic E-state index is 7.28. The molecule has 0 aromatic heterocycles. The van der Waals surface area contributed by atoms with Crippen LogP contribution in [0.4, 0.5) is 11.4 Å². The number of halogens is 1. The molecule has 0 saturated heterocycles. The zero-order valence-electron chi connectivity index (χ0n) is 29.0. The lowest BCUT2D eigenvalue weighted by molar-refractivity contribution is 0.939. The average molecular weight is 699 g/mol. The Balaban J connectivity index is 1.41. The van der Waals surface area contributed by atoms with Crippen LogP contribution in [0.1, 0.15) is 56.3 Å². The molecule has 0 fully saturated rings. The highest BCUT2D eigenvalue weighted by Gasteiger charge is 2.31. The van der Waals surface area contributed by atoms with Gasteiger partial charge in [-0.1, -0.05) is 188 Å². The molecule has 3 heteroatoms. The standard InChI is InChI=1S/C50H35ClN2/c51-39-32-43(45(34-18-6-1-7-19-34)35-20-8-2-9-21-35)48(44(33-39)46(36-22-10-3-11-23-36)37-24-12-4-13-25-37)53-50-42-31-17-27-38-26-16-30-41(47(38)42)49(50)52-40-28-14-5-15-29-40/h1-33,45-46H. The first kappa shape index (κ1) is 32.6. The van der Waals surface area contributed by atoms with Crippen molar-refractivity contribution in [2.75, 3.05) is 0 Å². The van der Waals surface area contributed by atoms with E-state index in [1.54, 1.807) is 0 Å². The summed E-state index contributed by atoms with van der Waals surface area (Å²) in [5.41, 5.74) is 12.4. The Labute approximate surface area is 315 Å². The SMILES string of the molecule is Clc1cc(C(c2ccccc2)c2ccccc2)c(N=C2C(=Nc3ccccc3)c3cccc4cccc2c34)c(C(c2ccccc2)c2ccccc2)c1. The summed E-state index contributed by atoms with van der Waals surface area (Å²) >= 11 is 7.28. The maximum atomic E-state index is 7.28. The minimum atomic E-state index is -0.143. The van der Waals surface area contributed by atoms with Gasteiger partial charge in [0.25, 0.3) is 0 Å². The summed E-state index contributed by atoms with van der Waals surface area (Å²) in [7, 11) is 0. The van der Waals surface area contributed by atoms with Crippen LogP contribution in [-0.2, 0) is 0 Å². The van der Waals surface area contributed by atoms with E-state index in [2.05, 4.69) is 182 Å². The molecule has 53 heavy (non-hydrogen) atoms. The van der Waals surface area contributed by atoms with Crippen LogP contribution >= 0.6 is 11.6 Å². The van der Waals surface area contributed by atoms with Gasteiger partial charge in [0.05, 0.1) is 22.8 Å². The average Bonchev–Trinajstić information content (AvgIpc) is 3.51. The number of benzene rings is 8. The van der Waals surface area contributed by atoms with Crippen molar-refractivity contribution in [1.82, 2.24) is 0 Å². The molecular weight excluding hydrogens is 664 g/mol. The van der Waals surface area contributed by atoms with Crippen LogP contribution in [0, 0.1) is 0 Å². The van der Waals surface area contributed by atoms with Crippen LogP contribution in [-0.4, -0.2) is 11.4 Å². The summed E-state index contributed by atoms with van der Waals surface area (Å²) in [4.78, 5) is 11.2. The Morgan fingerprint density at radius 3 is 1.17 bits per heavy atom. The second kappa shape index (κ2) is 14.3. The minimum Gasteiger partial charge on any atom is -0.246 e. The van der Waals surface area contributed by atoms with Gasteiger partial charge in [0.15, 0.2) is 0 Å². The molecular formula is C50H35ClN2. The quantitative estimate of drug-likeness (QED) is 0.141. The molecule has 0 saturated carbocycles. The van der Waals surface area contributed by atoms with E-state index in [4.69, 9.17) is 21.6 Å². The fourth-order valence-electron chi connectivity index (χ4n) is 7.86. The molecule has 252 valence electrons. The third-order valence-electron chi connectivity index (χ3n) is 10.1. The van der Waals surface area contributed by atoms with Crippen LogP contribution in [0.5, 0.6) is 0 Å². The Morgan fingerprint density at radius 1 is 0.377 bits per heavy atom. The predicted molar refractivity (Wildman–Crippen MR) is 222 cm³/mol. The molecule has 1 aliphatic rings. The number of nitrogens with zero attached hydrogens (tertiary/aromatic N) is 2. The lowest BCUT2D eigenvalue weighted by Gasteiger charge is -2.27. The fourth-order valence-corrected chi connectivity index (χ4v) is 8.09. The summed E-state index contributed by atoms with van der Waals surface area (Å²) in [5, 5.41) is 3.01. The number of hydrogen-bond acceptors (Lipinski definition) is 2. The third-order valence-corrected chi connectivity index (χ3v) is 10.4. The molecule has 8 aromatic rings. The maximum Gasteiger partial charge on any atom is 0.0979 e. The van der Waals surface area contributed by atoms with Crippen LogP contribution in [0.15, 0.2) is 210 Å². The van der Waals surface area contributed by atoms with E-state index in [0.29, 0.717) is 5.02 Å². The summed E-state index contributed by atoms with van der Waals surface area (Å²) in [6.45, 7) is 0.